The van der Waals surface area contributed by atoms with Crippen molar-refractivity contribution in [2.75, 3.05) is 5.32 Å². The third-order valence-corrected chi connectivity index (χ3v) is 3.70. The van der Waals surface area contributed by atoms with Gasteiger partial charge in [0, 0.05) is 23.7 Å². The van der Waals surface area contributed by atoms with E-state index in [1.165, 1.54) is 0 Å². The lowest BCUT2D eigenvalue weighted by molar-refractivity contribution is -0.116. The Morgan fingerprint density at radius 3 is 2.52 bits per heavy atom. The fourth-order valence-electron chi connectivity index (χ4n) is 2.55. The van der Waals surface area contributed by atoms with Gasteiger partial charge in [-0.05, 0) is 37.3 Å². The van der Waals surface area contributed by atoms with E-state index in [9.17, 15) is 14.4 Å². The number of fused-ring (bicyclic) bond motifs is 1. The number of hydrogen-bond acceptors (Lipinski definition) is 3. The van der Waals surface area contributed by atoms with Gasteiger partial charge in [-0.1, -0.05) is 18.2 Å². The normalized spacial score (nSPS) is 11.9. The Bertz CT molecular complexity index is 959. The number of H-pyrrole nitrogens is 2. The van der Waals surface area contributed by atoms with Crippen LogP contribution in [0.25, 0.3) is 11.0 Å². The monoisotopic (exact) mass is 338 g/mol. The summed E-state index contributed by atoms with van der Waals surface area (Å²) in [5, 5.41) is 5.55. The smallest absolute Gasteiger partial charge is 0.323 e. The van der Waals surface area contributed by atoms with Gasteiger partial charge in [-0.25, -0.2) is 4.79 Å². The minimum absolute atomic E-state index is 0.139. The summed E-state index contributed by atoms with van der Waals surface area (Å²) in [7, 11) is 0. The van der Waals surface area contributed by atoms with Gasteiger partial charge in [0.2, 0.25) is 5.91 Å². The van der Waals surface area contributed by atoms with Crippen LogP contribution in [0.1, 0.15) is 23.7 Å². The lowest BCUT2D eigenvalue weighted by Crippen LogP contribution is -2.35. The van der Waals surface area contributed by atoms with Crippen molar-refractivity contribution in [3.05, 3.63) is 64.6 Å². The Hall–Kier alpha value is -3.35. The van der Waals surface area contributed by atoms with Crippen LogP contribution in [0, 0.1) is 0 Å². The summed E-state index contributed by atoms with van der Waals surface area (Å²) in [6.07, 6.45) is 0.139. The molecule has 0 saturated carbocycles. The van der Waals surface area contributed by atoms with Gasteiger partial charge < -0.3 is 20.6 Å². The molecule has 25 heavy (non-hydrogen) atoms. The average molecular weight is 338 g/mol. The molecule has 0 fully saturated rings. The van der Waals surface area contributed by atoms with Crippen molar-refractivity contribution in [2.24, 2.45) is 0 Å². The summed E-state index contributed by atoms with van der Waals surface area (Å²) in [6.45, 7) is 1.77. The van der Waals surface area contributed by atoms with E-state index in [1.807, 2.05) is 6.07 Å². The van der Waals surface area contributed by atoms with E-state index in [4.69, 9.17) is 0 Å². The number of benzene rings is 2. The molecule has 1 heterocycles. The van der Waals surface area contributed by atoms with Crippen molar-refractivity contribution in [3.8, 4) is 0 Å². The summed E-state index contributed by atoms with van der Waals surface area (Å²) in [5.74, 6) is -0.440. The number of hydrogen-bond donors (Lipinski definition) is 4. The Balaban J connectivity index is 1.57. The largest absolute Gasteiger partial charge is 0.349 e. The van der Waals surface area contributed by atoms with E-state index in [0.29, 0.717) is 22.3 Å². The van der Waals surface area contributed by atoms with Crippen LogP contribution in [0.15, 0.2) is 53.3 Å². The molecule has 7 nitrogen and oxygen atoms in total. The molecule has 0 unspecified atom stereocenters. The SMILES string of the molecule is C[C@H](CC(=O)Nc1ccc2[nH]c(=O)[nH]c2c1)NC(=O)c1ccccc1. The van der Waals surface area contributed by atoms with Crippen molar-refractivity contribution < 1.29 is 9.59 Å². The predicted octanol–water partition coefficient (Wildman–Crippen LogP) is 2.00. The van der Waals surface area contributed by atoms with Gasteiger partial charge in [0.25, 0.3) is 5.91 Å². The molecule has 0 saturated heterocycles. The minimum atomic E-state index is -0.316. The second-order valence-electron chi connectivity index (χ2n) is 5.83. The maximum Gasteiger partial charge on any atom is 0.323 e. The van der Waals surface area contributed by atoms with Crippen LogP contribution >= 0.6 is 0 Å². The lowest BCUT2D eigenvalue weighted by atomic mass is 10.1. The highest BCUT2D eigenvalue weighted by Crippen LogP contribution is 2.15. The van der Waals surface area contributed by atoms with E-state index in [2.05, 4.69) is 20.6 Å². The zero-order valence-corrected chi connectivity index (χ0v) is 13.6. The van der Waals surface area contributed by atoms with Crippen LogP contribution in [0.2, 0.25) is 0 Å². The number of rotatable bonds is 5. The quantitative estimate of drug-likeness (QED) is 0.571. The Labute approximate surface area is 143 Å². The van der Waals surface area contributed by atoms with E-state index in [-0.39, 0.29) is 30.0 Å². The Kier molecular flexibility index (Phi) is 4.65. The molecule has 2 aromatic carbocycles. The molecule has 2 amide bonds. The molecule has 1 aromatic heterocycles. The molecule has 3 rings (SSSR count). The zero-order valence-electron chi connectivity index (χ0n) is 13.6. The highest BCUT2D eigenvalue weighted by Gasteiger charge is 2.13. The highest BCUT2D eigenvalue weighted by atomic mass is 16.2. The molecule has 128 valence electrons. The number of amides is 2. The fraction of sp³-hybridized carbons (Fsp3) is 0.167. The molecule has 0 spiro atoms. The Morgan fingerprint density at radius 1 is 1.04 bits per heavy atom. The summed E-state index contributed by atoms with van der Waals surface area (Å²) >= 11 is 0. The first-order valence-corrected chi connectivity index (χ1v) is 7.89. The fourth-order valence-corrected chi connectivity index (χ4v) is 2.55. The first-order valence-electron chi connectivity index (χ1n) is 7.89. The van der Waals surface area contributed by atoms with E-state index in [1.54, 1.807) is 49.4 Å². The van der Waals surface area contributed by atoms with Gasteiger partial charge in [-0.15, -0.1) is 0 Å². The summed E-state index contributed by atoms with van der Waals surface area (Å²) in [4.78, 5) is 40.7. The highest BCUT2D eigenvalue weighted by molar-refractivity contribution is 5.96. The zero-order chi connectivity index (χ0) is 17.8. The number of anilines is 1. The standard InChI is InChI=1S/C18H18N4O3/c1-11(19-17(24)12-5-3-2-4-6-12)9-16(23)20-13-7-8-14-15(10-13)22-18(25)21-14/h2-8,10-11H,9H2,1H3,(H,19,24)(H,20,23)(H2,21,22,25)/t11-/m1/s1. The van der Waals surface area contributed by atoms with Crippen LogP contribution in [0.5, 0.6) is 0 Å². The first-order chi connectivity index (χ1) is 12.0. The van der Waals surface area contributed by atoms with Crippen molar-refractivity contribution >= 4 is 28.5 Å². The molecule has 3 aromatic rings. The molecule has 0 aliphatic heterocycles. The molecular weight excluding hydrogens is 320 g/mol. The average Bonchev–Trinajstić information content (AvgIpc) is 2.94. The molecule has 0 bridgehead atoms. The number of aromatic amines is 2. The van der Waals surface area contributed by atoms with Crippen molar-refractivity contribution in [1.82, 2.24) is 15.3 Å². The molecule has 0 aliphatic rings. The van der Waals surface area contributed by atoms with E-state index in [0.717, 1.165) is 0 Å². The van der Waals surface area contributed by atoms with E-state index < -0.39 is 0 Å². The van der Waals surface area contributed by atoms with Crippen LogP contribution in [0.4, 0.5) is 5.69 Å². The van der Waals surface area contributed by atoms with Crippen LogP contribution < -0.4 is 16.3 Å². The van der Waals surface area contributed by atoms with Crippen LogP contribution in [0.3, 0.4) is 0 Å². The van der Waals surface area contributed by atoms with Gasteiger partial charge in [-0.3, -0.25) is 9.59 Å². The van der Waals surface area contributed by atoms with Gasteiger partial charge in [-0.2, -0.15) is 0 Å². The molecule has 7 heteroatoms. The van der Waals surface area contributed by atoms with Gasteiger partial charge in [0.15, 0.2) is 0 Å². The van der Waals surface area contributed by atoms with Crippen LogP contribution in [-0.4, -0.2) is 27.8 Å². The minimum Gasteiger partial charge on any atom is -0.349 e. The Morgan fingerprint density at radius 2 is 1.76 bits per heavy atom. The second kappa shape index (κ2) is 7.04. The number of imidazole rings is 1. The number of carbonyl (C=O) groups is 2. The van der Waals surface area contributed by atoms with Gasteiger partial charge >= 0.3 is 5.69 Å². The lowest BCUT2D eigenvalue weighted by Gasteiger charge is -2.14. The molecule has 1 atom stereocenters. The molecule has 0 aliphatic carbocycles. The molecule has 0 radical (unpaired) electrons. The summed E-state index contributed by atoms with van der Waals surface area (Å²) in [6, 6.07) is 13.6. The van der Waals surface area contributed by atoms with Gasteiger partial charge in [0.05, 0.1) is 11.0 Å². The van der Waals surface area contributed by atoms with E-state index >= 15 is 0 Å². The maximum atomic E-state index is 12.1. The van der Waals surface area contributed by atoms with Crippen molar-refractivity contribution in [3.63, 3.8) is 0 Å². The molecule has 4 N–H and O–H groups in total. The predicted molar refractivity (Wildman–Crippen MR) is 95.5 cm³/mol. The summed E-state index contributed by atoms with van der Waals surface area (Å²) in [5.41, 5.74) is 2.13. The van der Waals surface area contributed by atoms with Crippen molar-refractivity contribution in [1.29, 1.82) is 0 Å². The van der Waals surface area contributed by atoms with Crippen molar-refractivity contribution in [2.45, 2.75) is 19.4 Å². The first kappa shape index (κ1) is 16.5. The van der Waals surface area contributed by atoms with Crippen LogP contribution in [-0.2, 0) is 4.79 Å². The summed E-state index contributed by atoms with van der Waals surface area (Å²) < 4.78 is 0. The molecular formula is C18H18N4O3. The number of nitrogens with one attached hydrogen (secondary N) is 4. The van der Waals surface area contributed by atoms with Gasteiger partial charge in [0.1, 0.15) is 0 Å². The maximum absolute atomic E-state index is 12.1. The third-order valence-electron chi connectivity index (χ3n) is 3.70. The topological polar surface area (TPSA) is 107 Å². The second-order valence-corrected chi connectivity index (χ2v) is 5.83. The number of aromatic nitrogens is 2. The third kappa shape index (κ3) is 4.14. The number of carbonyl (C=O) groups excluding carboxylic acids is 2.